The van der Waals surface area contributed by atoms with E-state index < -0.39 is 11.9 Å². The molecule has 0 atom stereocenters. The number of hydrogen-bond acceptors (Lipinski definition) is 4. The van der Waals surface area contributed by atoms with Gasteiger partial charge in [-0.2, -0.15) is 13.2 Å². The third-order valence-electron chi connectivity index (χ3n) is 3.30. The molecule has 1 heterocycles. The van der Waals surface area contributed by atoms with Gasteiger partial charge in [0.05, 0.1) is 6.54 Å². The van der Waals surface area contributed by atoms with Gasteiger partial charge in [-0.3, -0.25) is 0 Å². The lowest BCUT2D eigenvalue weighted by Gasteiger charge is -2.12. The van der Waals surface area contributed by atoms with E-state index >= 15 is 0 Å². The Labute approximate surface area is 160 Å². The number of guanidine groups is 1. The number of anilines is 1. The van der Waals surface area contributed by atoms with E-state index in [-0.39, 0.29) is 5.95 Å². The summed E-state index contributed by atoms with van der Waals surface area (Å²) < 4.78 is 37.9. The van der Waals surface area contributed by atoms with E-state index in [1.807, 2.05) is 25.1 Å². The van der Waals surface area contributed by atoms with Crippen molar-refractivity contribution in [2.45, 2.75) is 19.6 Å². The highest BCUT2D eigenvalue weighted by molar-refractivity contribution is 6.30. The molecule has 0 unspecified atom stereocenters. The van der Waals surface area contributed by atoms with Crippen LogP contribution in [0.5, 0.6) is 0 Å². The Kier molecular flexibility index (Phi) is 7.66. The number of rotatable bonds is 7. The lowest BCUT2D eigenvalue weighted by atomic mass is 10.2. The van der Waals surface area contributed by atoms with Crippen LogP contribution in [0.2, 0.25) is 5.02 Å². The molecule has 1 aromatic carbocycles. The predicted molar refractivity (Wildman–Crippen MR) is 99.8 cm³/mol. The Morgan fingerprint density at radius 2 is 2.00 bits per heavy atom. The Bertz CT molecular complexity index is 766. The summed E-state index contributed by atoms with van der Waals surface area (Å²) in [5.74, 6) is 0.511. The van der Waals surface area contributed by atoms with Gasteiger partial charge in [0.2, 0.25) is 5.95 Å². The van der Waals surface area contributed by atoms with E-state index in [2.05, 4.69) is 30.9 Å². The fourth-order valence-corrected chi connectivity index (χ4v) is 2.32. The highest BCUT2D eigenvalue weighted by atomic mass is 35.5. The molecule has 10 heteroatoms. The first kappa shape index (κ1) is 20.8. The monoisotopic (exact) mass is 400 g/mol. The minimum atomic E-state index is -4.50. The molecule has 1 aromatic heterocycles. The van der Waals surface area contributed by atoms with E-state index in [9.17, 15) is 13.2 Å². The molecule has 0 saturated carbocycles. The van der Waals surface area contributed by atoms with Crippen LogP contribution in [0.4, 0.5) is 19.1 Å². The minimum absolute atomic E-state index is 0.0764. The molecule has 0 spiro atoms. The summed E-state index contributed by atoms with van der Waals surface area (Å²) in [4.78, 5) is 11.7. The van der Waals surface area contributed by atoms with Gasteiger partial charge in [0, 0.05) is 30.9 Å². The lowest BCUT2D eigenvalue weighted by Crippen LogP contribution is -2.39. The number of benzene rings is 1. The van der Waals surface area contributed by atoms with E-state index in [4.69, 9.17) is 11.6 Å². The van der Waals surface area contributed by atoms with Crippen LogP contribution >= 0.6 is 11.6 Å². The van der Waals surface area contributed by atoms with Gasteiger partial charge in [-0.25, -0.2) is 15.0 Å². The number of hydrogen-bond donors (Lipinski definition) is 3. The largest absolute Gasteiger partial charge is 0.433 e. The number of nitrogens with zero attached hydrogens (tertiary/aromatic N) is 3. The molecule has 3 N–H and O–H groups in total. The zero-order valence-corrected chi connectivity index (χ0v) is 15.4. The second-order valence-electron chi connectivity index (χ2n) is 5.44. The average molecular weight is 401 g/mol. The maximum Gasteiger partial charge on any atom is 0.433 e. The Hall–Kier alpha value is -2.55. The van der Waals surface area contributed by atoms with Crippen molar-refractivity contribution in [3.63, 3.8) is 0 Å². The highest BCUT2D eigenvalue weighted by Gasteiger charge is 2.32. The summed E-state index contributed by atoms with van der Waals surface area (Å²) in [6.07, 6.45) is -3.43. The number of nitrogens with one attached hydrogen (secondary N) is 3. The molecule has 27 heavy (non-hydrogen) atoms. The molecule has 146 valence electrons. The number of aromatic nitrogens is 2. The van der Waals surface area contributed by atoms with Crippen LogP contribution in [0.25, 0.3) is 0 Å². The van der Waals surface area contributed by atoms with Crippen molar-refractivity contribution in [1.82, 2.24) is 20.6 Å². The van der Waals surface area contributed by atoms with Crippen molar-refractivity contribution in [3.05, 3.63) is 52.8 Å². The first-order chi connectivity index (χ1) is 12.9. The smallest absolute Gasteiger partial charge is 0.357 e. The molecule has 0 aliphatic carbocycles. The van der Waals surface area contributed by atoms with Crippen LogP contribution < -0.4 is 16.0 Å². The maximum atomic E-state index is 12.6. The van der Waals surface area contributed by atoms with Gasteiger partial charge in [-0.05, 0) is 30.7 Å². The van der Waals surface area contributed by atoms with Crippen LogP contribution in [0, 0.1) is 0 Å². The van der Waals surface area contributed by atoms with Crippen LogP contribution in [-0.4, -0.2) is 35.6 Å². The number of aliphatic imine (C=N–C) groups is 1. The van der Waals surface area contributed by atoms with Gasteiger partial charge in [0.1, 0.15) is 5.69 Å². The van der Waals surface area contributed by atoms with Crippen molar-refractivity contribution >= 4 is 23.5 Å². The molecule has 0 amide bonds. The van der Waals surface area contributed by atoms with Crippen molar-refractivity contribution < 1.29 is 13.2 Å². The Morgan fingerprint density at radius 3 is 2.70 bits per heavy atom. The molecule has 0 fully saturated rings. The topological polar surface area (TPSA) is 74.2 Å². The van der Waals surface area contributed by atoms with E-state index in [0.29, 0.717) is 37.2 Å². The molecular formula is C17H20ClF3N6. The Balaban J connectivity index is 1.85. The minimum Gasteiger partial charge on any atom is -0.357 e. The zero-order valence-electron chi connectivity index (χ0n) is 14.6. The summed E-state index contributed by atoms with van der Waals surface area (Å²) in [6.45, 7) is 3.79. The van der Waals surface area contributed by atoms with Gasteiger partial charge < -0.3 is 16.0 Å². The van der Waals surface area contributed by atoms with Crippen LogP contribution in [0.15, 0.2) is 41.5 Å². The average Bonchev–Trinajstić information content (AvgIpc) is 2.63. The third kappa shape index (κ3) is 7.30. The van der Waals surface area contributed by atoms with E-state index in [0.717, 1.165) is 17.8 Å². The standard InChI is InChI=1S/C17H20ClF3N6/c1-2-22-15(26-11-12-4-3-5-13(18)10-12)24-8-9-25-16-23-7-6-14(27-16)17(19,20)21/h3-7,10H,2,8-9,11H2,1H3,(H2,22,24,26)(H,23,25,27). The van der Waals surface area contributed by atoms with Crippen molar-refractivity contribution in [2.24, 2.45) is 4.99 Å². The molecule has 0 saturated heterocycles. The van der Waals surface area contributed by atoms with Crippen LogP contribution in [0.3, 0.4) is 0 Å². The van der Waals surface area contributed by atoms with Crippen molar-refractivity contribution in [3.8, 4) is 0 Å². The van der Waals surface area contributed by atoms with E-state index in [1.54, 1.807) is 6.07 Å². The zero-order chi connectivity index (χ0) is 19.7. The summed E-state index contributed by atoms with van der Waals surface area (Å²) in [5, 5.41) is 9.57. The summed E-state index contributed by atoms with van der Waals surface area (Å²) >= 11 is 5.95. The highest BCUT2D eigenvalue weighted by Crippen LogP contribution is 2.27. The number of halogens is 4. The predicted octanol–water partition coefficient (Wildman–Crippen LogP) is 3.32. The fourth-order valence-electron chi connectivity index (χ4n) is 2.10. The molecule has 0 aliphatic heterocycles. The van der Waals surface area contributed by atoms with Gasteiger partial charge in [-0.15, -0.1) is 0 Å². The molecule has 0 bridgehead atoms. The second-order valence-corrected chi connectivity index (χ2v) is 5.88. The second kappa shape index (κ2) is 9.96. The molecule has 2 rings (SSSR count). The Morgan fingerprint density at radius 1 is 1.19 bits per heavy atom. The molecule has 6 nitrogen and oxygen atoms in total. The van der Waals surface area contributed by atoms with Gasteiger partial charge in [0.25, 0.3) is 0 Å². The first-order valence-electron chi connectivity index (χ1n) is 8.29. The van der Waals surface area contributed by atoms with Crippen molar-refractivity contribution in [1.29, 1.82) is 0 Å². The maximum absolute atomic E-state index is 12.6. The fraction of sp³-hybridized carbons (Fsp3) is 0.353. The van der Waals surface area contributed by atoms with Crippen molar-refractivity contribution in [2.75, 3.05) is 25.0 Å². The summed E-state index contributed by atoms with van der Waals surface area (Å²) in [5.41, 5.74) is -0.0143. The van der Waals surface area contributed by atoms with Gasteiger partial charge in [-0.1, -0.05) is 23.7 Å². The molecule has 0 aliphatic rings. The summed E-state index contributed by atoms with van der Waals surface area (Å²) in [6, 6.07) is 8.23. The third-order valence-corrected chi connectivity index (χ3v) is 3.53. The van der Waals surface area contributed by atoms with E-state index in [1.165, 1.54) is 0 Å². The SMILES string of the molecule is CCNC(=NCc1cccc(Cl)c1)NCCNc1nccc(C(F)(F)F)n1. The lowest BCUT2D eigenvalue weighted by molar-refractivity contribution is -0.141. The van der Waals surface area contributed by atoms with Gasteiger partial charge >= 0.3 is 6.18 Å². The summed E-state index contributed by atoms with van der Waals surface area (Å²) in [7, 11) is 0. The quantitative estimate of drug-likeness (QED) is 0.378. The van der Waals surface area contributed by atoms with Gasteiger partial charge in [0.15, 0.2) is 5.96 Å². The van der Waals surface area contributed by atoms with Crippen LogP contribution in [0.1, 0.15) is 18.2 Å². The molecule has 0 radical (unpaired) electrons. The first-order valence-corrected chi connectivity index (χ1v) is 8.67. The molecule has 2 aromatic rings. The molecular weight excluding hydrogens is 381 g/mol. The number of alkyl halides is 3. The normalized spacial score (nSPS) is 12.0. The van der Waals surface area contributed by atoms with Crippen LogP contribution in [-0.2, 0) is 12.7 Å².